The summed E-state index contributed by atoms with van der Waals surface area (Å²) in [5, 5.41) is 2.66. The van der Waals surface area contributed by atoms with Crippen LogP contribution in [0.5, 0.6) is 0 Å². The molecule has 0 aromatic heterocycles. The molecule has 0 bridgehead atoms. The van der Waals surface area contributed by atoms with Gasteiger partial charge in [0, 0.05) is 25.8 Å². The number of carbonyl (C=O) groups excluding carboxylic acids is 4. The molecule has 180 valence electrons. The number of nitrogens with zero attached hydrogens (tertiary/aromatic N) is 2. The quantitative estimate of drug-likeness (QED) is 0.0906. The van der Waals surface area contributed by atoms with E-state index in [4.69, 9.17) is 18.9 Å². The Morgan fingerprint density at radius 3 is 2.19 bits per heavy atom. The van der Waals surface area contributed by atoms with Gasteiger partial charge in [-0.2, -0.15) is 0 Å². The van der Waals surface area contributed by atoms with E-state index in [1.807, 2.05) is 0 Å². The lowest BCUT2D eigenvalue weighted by atomic mass is 9.97. The molecule has 11 heteroatoms. The zero-order valence-corrected chi connectivity index (χ0v) is 18.4. The minimum absolute atomic E-state index is 0.137. The standard InChI is InChI=1S/C21H33N3O8/c1-2-20(27)31-14-12-29-10-5-11-30-13-15-32-21(28)24-9-4-7-19(16-23-18-26)6-3-8-22-17-25/h2,19H,1,3-16H2,(H,24,28). The number of rotatable bonds is 21. The van der Waals surface area contributed by atoms with Crippen molar-refractivity contribution in [2.45, 2.75) is 32.1 Å². The number of alkyl carbamates (subject to hydrolysis) is 1. The van der Waals surface area contributed by atoms with Crippen molar-refractivity contribution in [1.82, 2.24) is 5.32 Å². The van der Waals surface area contributed by atoms with Crippen molar-refractivity contribution >= 4 is 24.2 Å². The number of carbonyl (C=O) groups is 2. The lowest BCUT2D eigenvalue weighted by Crippen LogP contribution is -2.27. The summed E-state index contributed by atoms with van der Waals surface area (Å²) in [4.78, 5) is 49.9. The van der Waals surface area contributed by atoms with E-state index in [2.05, 4.69) is 21.9 Å². The molecule has 0 aliphatic rings. The molecular formula is C21H33N3O8. The summed E-state index contributed by atoms with van der Waals surface area (Å²) < 4.78 is 20.4. The highest BCUT2D eigenvalue weighted by molar-refractivity contribution is 5.81. The van der Waals surface area contributed by atoms with Crippen molar-refractivity contribution in [2.75, 3.05) is 59.3 Å². The smallest absolute Gasteiger partial charge is 0.407 e. The zero-order chi connectivity index (χ0) is 23.7. The zero-order valence-electron chi connectivity index (χ0n) is 18.4. The average molecular weight is 456 g/mol. The number of hydrogen-bond donors (Lipinski definition) is 1. The Hall–Kier alpha value is -2.84. The number of nitrogens with one attached hydrogen (secondary N) is 1. The second kappa shape index (κ2) is 22.8. The number of hydrogen-bond acceptors (Lipinski definition) is 10. The van der Waals surface area contributed by atoms with Crippen molar-refractivity contribution in [3.8, 4) is 0 Å². The van der Waals surface area contributed by atoms with E-state index in [-0.39, 0.29) is 25.7 Å². The molecule has 0 radical (unpaired) electrons. The van der Waals surface area contributed by atoms with Crippen LogP contribution in [-0.2, 0) is 33.3 Å². The molecule has 0 saturated heterocycles. The molecule has 0 aliphatic carbocycles. The highest BCUT2D eigenvalue weighted by Crippen LogP contribution is 2.14. The van der Waals surface area contributed by atoms with Gasteiger partial charge in [-0.1, -0.05) is 6.58 Å². The predicted molar refractivity (Wildman–Crippen MR) is 115 cm³/mol. The summed E-state index contributed by atoms with van der Waals surface area (Å²) in [5.74, 6) is -0.316. The summed E-state index contributed by atoms with van der Waals surface area (Å²) in [7, 11) is 0. The molecule has 1 atom stereocenters. The molecule has 0 rings (SSSR count). The van der Waals surface area contributed by atoms with Crippen molar-refractivity contribution in [1.29, 1.82) is 0 Å². The first-order valence-corrected chi connectivity index (χ1v) is 10.6. The van der Waals surface area contributed by atoms with Gasteiger partial charge in [-0.25, -0.2) is 29.2 Å². The Kier molecular flexibility index (Phi) is 20.8. The third-order valence-electron chi connectivity index (χ3n) is 4.10. The molecule has 1 N–H and O–H groups in total. The van der Waals surface area contributed by atoms with Crippen molar-refractivity contribution in [3.63, 3.8) is 0 Å². The van der Waals surface area contributed by atoms with Gasteiger partial charge in [0.15, 0.2) is 0 Å². The molecule has 32 heavy (non-hydrogen) atoms. The monoisotopic (exact) mass is 455 g/mol. The molecule has 0 saturated carbocycles. The van der Waals surface area contributed by atoms with E-state index < -0.39 is 12.1 Å². The molecule has 1 amide bonds. The van der Waals surface area contributed by atoms with Gasteiger partial charge >= 0.3 is 12.1 Å². The number of ether oxygens (including phenoxy) is 4. The number of isocyanates is 2. The van der Waals surface area contributed by atoms with Gasteiger partial charge < -0.3 is 24.3 Å². The summed E-state index contributed by atoms with van der Waals surface area (Å²) >= 11 is 0. The second-order valence-electron chi connectivity index (χ2n) is 6.57. The van der Waals surface area contributed by atoms with Gasteiger partial charge in [-0.3, -0.25) is 0 Å². The molecule has 0 heterocycles. The molecule has 0 aromatic carbocycles. The summed E-state index contributed by atoms with van der Waals surface area (Å²) in [6, 6.07) is 0. The van der Waals surface area contributed by atoms with E-state index in [1.54, 1.807) is 0 Å². The van der Waals surface area contributed by atoms with Crippen LogP contribution in [0.1, 0.15) is 32.1 Å². The average Bonchev–Trinajstić information content (AvgIpc) is 2.80. The largest absolute Gasteiger partial charge is 0.460 e. The Morgan fingerprint density at radius 2 is 1.53 bits per heavy atom. The number of amides is 1. The van der Waals surface area contributed by atoms with Crippen LogP contribution < -0.4 is 5.32 Å². The maximum Gasteiger partial charge on any atom is 0.407 e. The van der Waals surface area contributed by atoms with Gasteiger partial charge in [0.25, 0.3) is 0 Å². The van der Waals surface area contributed by atoms with Gasteiger partial charge in [0.05, 0.1) is 26.3 Å². The van der Waals surface area contributed by atoms with Crippen LogP contribution in [0.25, 0.3) is 0 Å². The lowest BCUT2D eigenvalue weighted by Gasteiger charge is -2.13. The third kappa shape index (κ3) is 20.4. The topological polar surface area (TPSA) is 142 Å². The van der Waals surface area contributed by atoms with E-state index in [0.717, 1.165) is 18.9 Å². The summed E-state index contributed by atoms with van der Waals surface area (Å²) in [5.41, 5.74) is 0. The first-order chi connectivity index (χ1) is 15.6. The highest BCUT2D eigenvalue weighted by Gasteiger charge is 2.09. The van der Waals surface area contributed by atoms with E-state index >= 15 is 0 Å². The molecule has 0 fully saturated rings. The summed E-state index contributed by atoms with van der Waals surface area (Å²) in [6.07, 6.45) is 7.20. The molecule has 0 spiro atoms. The van der Waals surface area contributed by atoms with Crippen molar-refractivity contribution in [3.05, 3.63) is 12.7 Å². The lowest BCUT2D eigenvalue weighted by molar-refractivity contribution is -0.139. The molecule has 0 aromatic rings. The Morgan fingerprint density at radius 1 is 0.875 bits per heavy atom. The van der Waals surface area contributed by atoms with Crippen molar-refractivity contribution in [2.24, 2.45) is 15.9 Å². The van der Waals surface area contributed by atoms with Crippen LogP contribution in [0.15, 0.2) is 22.6 Å². The minimum atomic E-state index is -0.520. The van der Waals surface area contributed by atoms with E-state index in [0.29, 0.717) is 58.7 Å². The van der Waals surface area contributed by atoms with E-state index in [1.165, 1.54) is 12.2 Å². The normalized spacial score (nSPS) is 10.9. The Labute approximate surface area is 188 Å². The van der Waals surface area contributed by atoms with Crippen LogP contribution in [0.3, 0.4) is 0 Å². The Balaban J connectivity index is 3.59. The SMILES string of the molecule is C=CC(=O)OCCOCCCOCCOC(=O)NCCCC(CCCN=C=O)CN=C=O. The van der Waals surface area contributed by atoms with Gasteiger partial charge in [-0.05, 0) is 38.0 Å². The fourth-order valence-corrected chi connectivity index (χ4v) is 2.55. The Bertz CT molecular complexity index is 616. The first-order valence-electron chi connectivity index (χ1n) is 10.6. The molecule has 11 nitrogen and oxygen atoms in total. The third-order valence-corrected chi connectivity index (χ3v) is 4.10. The van der Waals surface area contributed by atoms with Gasteiger partial charge in [-0.15, -0.1) is 0 Å². The van der Waals surface area contributed by atoms with Crippen LogP contribution in [0, 0.1) is 5.92 Å². The van der Waals surface area contributed by atoms with Crippen LogP contribution in [-0.4, -0.2) is 83.5 Å². The molecular weight excluding hydrogens is 422 g/mol. The minimum Gasteiger partial charge on any atom is -0.460 e. The fourth-order valence-electron chi connectivity index (χ4n) is 2.55. The van der Waals surface area contributed by atoms with Crippen LogP contribution >= 0.6 is 0 Å². The van der Waals surface area contributed by atoms with Gasteiger partial charge in [0.2, 0.25) is 12.2 Å². The van der Waals surface area contributed by atoms with Crippen molar-refractivity contribution < 1.29 is 38.1 Å². The molecule has 0 aliphatic heterocycles. The van der Waals surface area contributed by atoms with Crippen LogP contribution in [0.2, 0.25) is 0 Å². The summed E-state index contributed by atoms with van der Waals surface area (Å²) in [6.45, 7) is 6.32. The number of esters is 1. The molecule has 1 unspecified atom stereocenters. The highest BCUT2D eigenvalue weighted by atomic mass is 16.6. The van der Waals surface area contributed by atoms with Crippen LogP contribution in [0.4, 0.5) is 4.79 Å². The second-order valence-corrected chi connectivity index (χ2v) is 6.57. The maximum absolute atomic E-state index is 11.6. The maximum atomic E-state index is 11.6. The fraction of sp³-hybridized carbons (Fsp3) is 0.714. The number of aliphatic imine (C=N–C) groups is 2. The van der Waals surface area contributed by atoms with Gasteiger partial charge in [0.1, 0.15) is 13.2 Å². The first kappa shape index (κ1) is 29.2. The van der Waals surface area contributed by atoms with E-state index in [9.17, 15) is 19.2 Å². The predicted octanol–water partition coefficient (Wildman–Crippen LogP) is 1.71.